The Labute approximate surface area is 201 Å². The normalized spacial score (nSPS) is 10.5. The molecule has 3 rings (SSSR count). The molecule has 1 amide bonds. The zero-order chi connectivity index (χ0) is 24.0. The number of amides is 1. The summed E-state index contributed by atoms with van der Waals surface area (Å²) in [6.07, 6.45) is 0. The molecule has 0 unspecified atom stereocenters. The average Bonchev–Trinajstić information content (AvgIpc) is 3.21. The molecule has 0 radical (unpaired) electrons. The zero-order valence-corrected chi connectivity index (χ0v) is 20.3. The van der Waals surface area contributed by atoms with Crippen LogP contribution < -0.4 is 19.5 Å². The molecule has 0 fully saturated rings. The molecule has 3 aromatic rings. The van der Waals surface area contributed by atoms with Gasteiger partial charge in [-0.15, -0.1) is 11.3 Å². The first-order chi connectivity index (χ1) is 15.9. The molecule has 0 atom stereocenters. The first kappa shape index (κ1) is 24.4. The largest absolute Gasteiger partial charge is 0.493 e. The van der Waals surface area contributed by atoms with E-state index in [-0.39, 0.29) is 18.8 Å². The number of hydrogen-bond acceptors (Lipinski definition) is 7. The molecule has 0 bridgehead atoms. The summed E-state index contributed by atoms with van der Waals surface area (Å²) in [6.45, 7) is 3.54. The molecule has 174 valence electrons. The maximum absolute atomic E-state index is 12.8. The highest BCUT2D eigenvalue weighted by Gasteiger charge is 2.23. The second-order valence-corrected chi connectivity index (χ2v) is 8.21. The second-order valence-electron chi connectivity index (χ2n) is 6.89. The first-order valence-electron chi connectivity index (χ1n) is 10.1. The summed E-state index contributed by atoms with van der Waals surface area (Å²) in [4.78, 5) is 25.4. The molecule has 1 N–H and O–H groups in total. The number of hydrogen-bond donors (Lipinski definition) is 1. The lowest BCUT2D eigenvalue weighted by Gasteiger charge is -2.12. The van der Waals surface area contributed by atoms with Crippen molar-refractivity contribution < 1.29 is 28.5 Å². The maximum atomic E-state index is 12.8. The molecule has 0 saturated heterocycles. The summed E-state index contributed by atoms with van der Waals surface area (Å²) in [7, 11) is 3.09. The van der Waals surface area contributed by atoms with Crippen molar-refractivity contribution in [3.8, 4) is 28.4 Å². The molecule has 0 saturated carbocycles. The highest BCUT2D eigenvalue weighted by atomic mass is 35.5. The Morgan fingerprint density at radius 1 is 1.03 bits per heavy atom. The molecular formula is C24H24ClNO6S. The Balaban J connectivity index is 1.85. The van der Waals surface area contributed by atoms with Gasteiger partial charge in [0.1, 0.15) is 16.3 Å². The van der Waals surface area contributed by atoms with Crippen LogP contribution in [-0.4, -0.2) is 39.3 Å². The van der Waals surface area contributed by atoms with Crippen LogP contribution in [0.25, 0.3) is 11.1 Å². The third kappa shape index (κ3) is 5.77. The van der Waals surface area contributed by atoms with Crippen molar-refractivity contribution in [3.63, 3.8) is 0 Å². The quantitative estimate of drug-likeness (QED) is 0.394. The van der Waals surface area contributed by atoms with E-state index in [9.17, 15) is 9.59 Å². The van der Waals surface area contributed by atoms with E-state index in [0.29, 0.717) is 32.8 Å². The van der Waals surface area contributed by atoms with Gasteiger partial charge in [-0.1, -0.05) is 17.7 Å². The average molecular weight is 490 g/mol. The van der Waals surface area contributed by atoms with E-state index < -0.39 is 11.9 Å². The number of ether oxygens (including phenoxy) is 4. The van der Waals surface area contributed by atoms with E-state index in [1.54, 1.807) is 49.7 Å². The summed E-state index contributed by atoms with van der Waals surface area (Å²) in [5.41, 5.74) is 2.42. The molecular weight excluding hydrogens is 466 g/mol. The monoisotopic (exact) mass is 489 g/mol. The van der Waals surface area contributed by atoms with Crippen LogP contribution in [0.5, 0.6) is 17.2 Å². The van der Waals surface area contributed by atoms with Crippen LogP contribution in [0.15, 0.2) is 41.8 Å². The number of carbonyl (C=O) groups is 2. The number of thiophene rings is 1. The van der Waals surface area contributed by atoms with E-state index >= 15 is 0 Å². The molecule has 0 aliphatic rings. The molecule has 1 heterocycles. The van der Waals surface area contributed by atoms with Gasteiger partial charge in [0.15, 0.2) is 18.1 Å². The smallest absolute Gasteiger partial charge is 0.341 e. The van der Waals surface area contributed by atoms with Crippen LogP contribution in [0.3, 0.4) is 0 Å². The number of benzene rings is 2. The van der Waals surface area contributed by atoms with Gasteiger partial charge in [0.2, 0.25) is 0 Å². The molecule has 33 heavy (non-hydrogen) atoms. The van der Waals surface area contributed by atoms with Gasteiger partial charge in [-0.3, -0.25) is 4.79 Å². The summed E-state index contributed by atoms with van der Waals surface area (Å²) in [6, 6.07) is 10.5. The van der Waals surface area contributed by atoms with Gasteiger partial charge in [0, 0.05) is 16.0 Å². The van der Waals surface area contributed by atoms with Crippen LogP contribution in [0.1, 0.15) is 22.8 Å². The number of methoxy groups -OCH3 is 2. The topological polar surface area (TPSA) is 83.1 Å². The second kappa shape index (κ2) is 11.1. The van der Waals surface area contributed by atoms with E-state index in [1.807, 2.05) is 13.0 Å². The van der Waals surface area contributed by atoms with E-state index in [4.69, 9.17) is 30.5 Å². The lowest BCUT2D eigenvalue weighted by Crippen LogP contribution is -2.21. The highest BCUT2D eigenvalue weighted by Crippen LogP contribution is 2.39. The van der Waals surface area contributed by atoms with Crippen molar-refractivity contribution in [2.75, 3.05) is 32.8 Å². The molecule has 0 aliphatic carbocycles. The Kier molecular flexibility index (Phi) is 8.19. The number of nitrogens with one attached hydrogen (secondary N) is 1. The van der Waals surface area contributed by atoms with Crippen molar-refractivity contribution in [1.82, 2.24) is 0 Å². The zero-order valence-electron chi connectivity index (χ0n) is 18.7. The van der Waals surface area contributed by atoms with E-state index in [0.717, 1.165) is 11.1 Å². The number of rotatable bonds is 9. The van der Waals surface area contributed by atoms with Gasteiger partial charge >= 0.3 is 5.97 Å². The fourth-order valence-corrected chi connectivity index (χ4v) is 4.35. The SMILES string of the molecule is CCOC(=O)c1c(-c2ccc(OC)c(OC)c2)csc1NC(=O)COc1ccc(Cl)cc1C. The predicted octanol–water partition coefficient (Wildman–Crippen LogP) is 5.59. The van der Waals surface area contributed by atoms with Crippen molar-refractivity contribution in [2.45, 2.75) is 13.8 Å². The highest BCUT2D eigenvalue weighted by molar-refractivity contribution is 7.15. The van der Waals surface area contributed by atoms with Crippen molar-refractivity contribution in [1.29, 1.82) is 0 Å². The Morgan fingerprint density at radius 3 is 2.42 bits per heavy atom. The van der Waals surface area contributed by atoms with Gasteiger partial charge in [-0.25, -0.2) is 4.79 Å². The maximum Gasteiger partial charge on any atom is 0.341 e. The van der Waals surface area contributed by atoms with Crippen molar-refractivity contribution >= 4 is 39.8 Å². The minimum atomic E-state index is -0.534. The van der Waals surface area contributed by atoms with Gasteiger partial charge in [0.25, 0.3) is 5.91 Å². The molecule has 0 aliphatic heterocycles. The molecule has 7 nitrogen and oxygen atoms in total. The standard InChI is InChI=1S/C24H24ClNO6S/c1-5-31-24(28)22-17(15-6-8-19(29-3)20(11-15)30-4)13-33-23(22)26-21(27)12-32-18-9-7-16(25)10-14(18)2/h6-11,13H,5,12H2,1-4H3,(H,26,27). The number of anilines is 1. The first-order valence-corrected chi connectivity index (χ1v) is 11.3. The molecule has 9 heteroatoms. The van der Waals surface area contributed by atoms with E-state index in [2.05, 4.69) is 5.32 Å². The third-order valence-electron chi connectivity index (χ3n) is 4.71. The Bertz CT molecular complexity index is 1160. The van der Waals surface area contributed by atoms with Gasteiger partial charge in [-0.2, -0.15) is 0 Å². The van der Waals surface area contributed by atoms with Crippen molar-refractivity contribution in [3.05, 3.63) is 57.9 Å². The predicted molar refractivity (Wildman–Crippen MR) is 129 cm³/mol. The Morgan fingerprint density at radius 2 is 1.76 bits per heavy atom. The van der Waals surface area contributed by atoms with Crippen LogP contribution in [0, 0.1) is 6.92 Å². The summed E-state index contributed by atoms with van der Waals surface area (Å²) < 4.78 is 21.5. The molecule has 2 aromatic carbocycles. The Hall–Kier alpha value is -3.23. The van der Waals surface area contributed by atoms with Crippen LogP contribution >= 0.6 is 22.9 Å². The van der Waals surface area contributed by atoms with E-state index in [1.165, 1.54) is 18.4 Å². The molecule has 1 aromatic heterocycles. The minimum absolute atomic E-state index is 0.201. The van der Waals surface area contributed by atoms with Gasteiger partial charge < -0.3 is 24.3 Å². The number of halogens is 1. The fourth-order valence-electron chi connectivity index (χ4n) is 3.15. The van der Waals surface area contributed by atoms with Crippen LogP contribution in [-0.2, 0) is 9.53 Å². The van der Waals surface area contributed by atoms with Gasteiger partial charge in [-0.05, 0) is 55.3 Å². The number of esters is 1. The lowest BCUT2D eigenvalue weighted by molar-refractivity contribution is -0.118. The van der Waals surface area contributed by atoms with Gasteiger partial charge in [0.05, 0.1) is 20.8 Å². The summed E-state index contributed by atoms with van der Waals surface area (Å²) >= 11 is 7.18. The number of aryl methyl sites for hydroxylation is 1. The van der Waals surface area contributed by atoms with Crippen LogP contribution in [0.4, 0.5) is 5.00 Å². The van der Waals surface area contributed by atoms with Crippen molar-refractivity contribution in [2.24, 2.45) is 0 Å². The lowest BCUT2D eigenvalue weighted by atomic mass is 10.0. The summed E-state index contributed by atoms with van der Waals surface area (Å²) in [5, 5.41) is 5.51. The van der Waals surface area contributed by atoms with Crippen LogP contribution in [0.2, 0.25) is 5.02 Å². The third-order valence-corrected chi connectivity index (χ3v) is 5.84. The minimum Gasteiger partial charge on any atom is -0.493 e. The fraction of sp³-hybridized carbons (Fsp3) is 0.250. The number of carbonyl (C=O) groups excluding carboxylic acids is 2. The molecule has 0 spiro atoms. The summed E-state index contributed by atoms with van der Waals surface area (Å²) in [5.74, 6) is 0.701.